The van der Waals surface area contributed by atoms with Crippen molar-refractivity contribution in [2.75, 3.05) is 0 Å². The largest absolute Gasteiger partial charge is 0.434 e. The minimum atomic E-state index is -0.801. The maximum Gasteiger partial charge on any atom is 0.271 e. The highest BCUT2D eigenvalue weighted by molar-refractivity contribution is 6.32. The average molecular weight is 455 g/mol. The number of nitrogens with one attached hydrogen (secondary N) is 2. The van der Waals surface area contributed by atoms with E-state index in [4.69, 9.17) is 44.8 Å². The van der Waals surface area contributed by atoms with E-state index in [0.29, 0.717) is 5.82 Å². The summed E-state index contributed by atoms with van der Waals surface area (Å²) in [6, 6.07) is 7.32. The quantitative estimate of drug-likeness (QED) is 0.539. The Kier molecular flexibility index (Phi) is 6.23. The monoisotopic (exact) mass is 453 g/mol. The molecule has 0 bridgehead atoms. The standard InChI is InChI=1S/C18H11Cl3FN5O2/c1-8-25-15(17(21)26-8)18(28)24-7-10-2-3-11(19)16(14(10)22)29-13-5-9(6-23)4-12(20)27-13/h2-5H,7H2,1H3,(H,24,28)(H,25,26). The number of rotatable bonds is 5. The fourth-order valence-corrected chi connectivity index (χ4v) is 3.02. The van der Waals surface area contributed by atoms with Crippen molar-refractivity contribution in [3.63, 3.8) is 0 Å². The molecule has 0 aliphatic carbocycles. The second-order valence-corrected chi connectivity index (χ2v) is 6.90. The average Bonchev–Trinajstić information content (AvgIpc) is 3.02. The van der Waals surface area contributed by atoms with E-state index < -0.39 is 11.7 Å². The van der Waals surface area contributed by atoms with E-state index in [1.165, 1.54) is 24.3 Å². The lowest BCUT2D eigenvalue weighted by molar-refractivity contribution is 0.0946. The second kappa shape index (κ2) is 8.66. The van der Waals surface area contributed by atoms with Crippen LogP contribution in [0.15, 0.2) is 24.3 Å². The van der Waals surface area contributed by atoms with Crippen molar-refractivity contribution < 1.29 is 13.9 Å². The van der Waals surface area contributed by atoms with Crippen LogP contribution < -0.4 is 10.1 Å². The van der Waals surface area contributed by atoms with Crippen molar-refractivity contribution in [1.82, 2.24) is 20.3 Å². The zero-order valence-electron chi connectivity index (χ0n) is 14.7. The predicted octanol–water partition coefficient (Wildman–Crippen LogP) is 4.81. The van der Waals surface area contributed by atoms with Crippen molar-refractivity contribution >= 4 is 40.7 Å². The number of amides is 1. The van der Waals surface area contributed by atoms with Crippen LogP contribution in [0.1, 0.15) is 27.4 Å². The van der Waals surface area contributed by atoms with E-state index in [2.05, 4.69) is 20.3 Å². The minimum Gasteiger partial charge on any atom is -0.434 e. The first-order chi connectivity index (χ1) is 13.8. The number of nitrogens with zero attached hydrogens (tertiary/aromatic N) is 3. The number of benzene rings is 1. The molecule has 1 aromatic carbocycles. The Morgan fingerprint density at radius 1 is 1.31 bits per heavy atom. The Bertz CT molecular complexity index is 1140. The molecule has 0 aliphatic heterocycles. The predicted molar refractivity (Wildman–Crippen MR) is 105 cm³/mol. The summed E-state index contributed by atoms with van der Waals surface area (Å²) < 4.78 is 20.3. The number of hydrogen-bond acceptors (Lipinski definition) is 5. The number of carbonyl (C=O) groups excluding carboxylic acids is 1. The number of hydrogen-bond donors (Lipinski definition) is 2. The van der Waals surface area contributed by atoms with Gasteiger partial charge in [-0.25, -0.2) is 14.4 Å². The molecule has 0 saturated carbocycles. The number of ether oxygens (including phenoxy) is 1. The minimum absolute atomic E-state index is 0.00530. The smallest absolute Gasteiger partial charge is 0.271 e. The van der Waals surface area contributed by atoms with Crippen LogP contribution in [0, 0.1) is 24.1 Å². The van der Waals surface area contributed by atoms with Crippen LogP contribution in [-0.2, 0) is 6.54 Å². The highest BCUT2D eigenvalue weighted by Gasteiger charge is 2.19. The molecule has 0 atom stereocenters. The van der Waals surface area contributed by atoms with Crippen LogP contribution in [0.4, 0.5) is 4.39 Å². The number of aryl methyl sites for hydroxylation is 1. The van der Waals surface area contributed by atoms with Gasteiger partial charge in [-0.05, 0) is 19.1 Å². The second-order valence-electron chi connectivity index (χ2n) is 5.75. The van der Waals surface area contributed by atoms with Crippen LogP contribution in [-0.4, -0.2) is 20.9 Å². The molecule has 0 unspecified atom stereocenters. The molecule has 11 heteroatoms. The molecule has 29 heavy (non-hydrogen) atoms. The molecule has 0 saturated heterocycles. The van der Waals surface area contributed by atoms with E-state index in [1.807, 2.05) is 6.07 Å². The van der Waals surface area contributed by atoms with Gasteiger partial charge in [0, 0.05) is 18.2 Å². The van der Waals surface area contributed by atoms with Gasteiger partial charge in [-0.1, -0.05) is 40.9 Å². The maximum atomic E-state index is 14.9. The first-order valence-electron chi connectivity index (χ1n) is 8.01. The third-order valence-corrected chi connectivity index (χ3v) is 4.44. The summed E-state index contributed by atoms with van der Waals surface area (Å²) in [5, 5.41) is 11.5. The van der Waals surface area contributed by atoms with Gasteiger partial charge in [-0.3, -0.25) is 4.79 Å². The van der Waals surface area contributed by atoms with E-state index >= 15 is 0 Å². The first kappa shape index (κ1) is 20.9. The van der Waals surface area contributed by atoms with Crippen LogP contribution >= 0.6 is 34.8 Å². The fourth-order valence-electron chi connectivity index (χ4n) is 2.38. The molecule has 3 rings (SSSR count). The molecule has 148 valence electrons. The van der Waals surface area contributed by atoms with Gasteiger partial charge >= 0.3 is 0 Å². The molecule has 3 aromatic rings. The Hall–Kier alpha value is -2.86. The number of halogens is 4. The van der Waals surface area contributed by atoms with Crippen molar-refractivity contribution in [2.45, 2.75) is 13.5 Å². The van der Waals surface area contributed by atoms with Gasteiger partial charge in [0.15, 0.2) is 16.7 Å². The first-order valence-corrected chi connectivity index (χ1v) is 9.14. The maximum absolute atomic E-state index is 14.9. The molecule has 7 nitrogen and oxygen atoms in total. The van der Waals surface area contributed by atoms with E-state index in [9.17, 15) is 9.18 Å². The summed E-state index contributed by atoms with van der Waals surface area (Å²) >= 11 is 17.7. The molecular formula is C18H11Cl3FN5O2. The van der Waals surface area contributed by atoms with Crippen molar-refractivity contribution in [1.29, 1.82) is 5.26 Å². The molecule has 0 radical (unpaired) electrons. The number of pyridine rings is 1. The van der Waals surface area contributed by atoms with Gasteiger partial charge in [0.2, 0.25) is 5.88 Å². The third kappa shape index (κ3) is 4.77. The molecule has 2 heterocycles. The van der Waals surface area contributed by atoms with Gasteiger partial charge in [0.25, 0.3) is 5.91 Å². The fraction of sp³-hybridized carbons (Fsp3) is 0.111. The molecule has 2 aromatic heterocycles. The van der Waals surface area contributed by atoms with Gasteiger partial charge in [-0.2, -0.15) is 5.26 Å². The number of imidazole rings is 1. The van der Waals surface area contributed by atoms with Gasteiger partial charge in [0.1, 0.15) is 16.7 Å². The number of carbonyl (C=O) groups is 1. The summed E-state index contributed by atoms with van der Waals surface area (Å²) in [5.41, 5.74) is 0.362. The summed E-state index contributed by atoms with van der Waals surface area (Å²) in [6.07, 6.45) is 0. The van der Waals surface area contributed by atoms with Crippen molar-refractivity contribution in [2.24, 2.45) is 0 Å². The van der Waals surface area contributed by atoms with E-state index in [1.54, 1.807) is 6.92 Å². The van der Waals surface area contributed by atoms with Gasteiger partial charge in [-0.15, -0.1) is 0 Å². The van der Waals surface area contributed by atoms with Gasteiger partial charge in [0.05, 0.1) is 16.7 Å². The van der Waals surface area contributed by atoms with E-state index in [-0.39, 0.29) is 50.3 Å². The number of H-pyrrole nitrogens is 1. The van der Waals surface area contributed by atoms with E-state index in [0.717, 1.165) is 0 Å². The van der Waals surface area contributed by atoms with Crippen molar-refractivity contribution in [3.05, 3.63) is 68.1 Å². The molecule has 0 aliphatic rings. The topological polar surface area (TPSA) is 104 Å². The van der Waals surface area contributed by atoms with Crippen LogP contribution in [0.25, 0.3) is 0 Å². The highest BCUT2D eigenvalue weighted by atomic mass is 35.5. The number of aromatic nitrogens is 3. The molecule has 0 fully saturated rings. The van der Waals surface area contributed by atoms with Crippen LogP contribution in [0.5, 0.6) is 11.6 Å². The zero-order valence-corrected chi connectivity index (χ0v) is 17.0. The van der Waals surface area contributed by atoms with Crippen molar-refractivity contribution in [3.8, 4) is 17.7 Å². The molecular weight excluding hydrogens is 444 g/mol. The van der Waals surface area contributed by atoms with Crippen LogP contribution in [0.3, 0.4) is 0 Å². The number of nitriles is 1. The Labute approximate surface area is 179 Å². The number of aromatic amines is 1. The lowest BCUT2D eigenvalue weighted by Gasteiger charge is -2.12. The summed E-state index contributed by atoms with van der Waals surface area (Å²) in [5.74, 6) is -1.30. The Balaban J connectivity index is 1.82. The molecule has 1 amide bonds. The lowest BCUT2D eigenvalue weighted by atomic mass is 10.2. The van der Waals surface area contributed by atoms with Gasteiger partial charge < -0.3 is 15.0 Å². The Morgan fingerprint density at radius 3 is 2.72 bits per heavy atom. The zero-order chi connectivity index (χ0) is 21.1. The summed E-state index contributed by atoms with van der Waals surface area (Å²) in [4.78, 5) is 22.7. The summed E-state index contributed by atoms with van der Waals surface area (Å²) in [7, 11) is 0. The normalized spacial score (nSPS) is 10.5. The molecule has 0 spiro atoms. The third-order valence-electron chi connectivity index (χ3n) is 3.68. The summed E-state index contributed by atoms with van der Waals surface area (Å²) in [6.45, 7) is 1.48. The highest BCUT2D eigenvalue weighted by Crippen LogP contribution is 2.34. The lowest BCUT2D eigenvalue weighted by Crippen LogP contribution is -2.24. The SMILES string of the molecule is Cc1nc(Cl)c(C(=O)NCc2ccc(Cl)c(Oc3cc(C#N)cc(Cl)n3)c2F)[nH]1. The van der Waals surface area contributed by atoms with Crippen LogP contribution in [0.2, 0.25) is 15.3 Å². The molecule has 2 N–H and O–H groups in total. The Morgan fingerprint density at radius 2 is 2.07 bits per heavy atom.